The molecule has 0 bridgehead atoms. The van der Waals surface area contributed by atoms with E-state index < -0.39 is 6.08 Å². The van der Waals surface area contributed by atoms with Crippen LogP contribution in [0.5, 0.6) is 11.5 Å². The van der Waals surface area contributed by atoms with E-state index in [1.54, 1.807) is 12.1 Å². The molecule has 16 heavy (non-hydrogen) atoms. The molecule has 0 aromatic heterocycles. The first-order chi connectivity index (χ1) is 7.54. The summed E-state index contributed by atoms with van der Waals surface area (Å²) in [4.78, 5) is 0. The molecule has 1 N–H and O–H groups in total. The molecular formula is C12H14F2O2. The second kappa shape index (κ2) is 5.49. The molecule has 1 aromatic carbocycles. The summed E-state index contributed by atoms with van der Waals surface area (Å²) in [6, 6.07) is 4.85. The van der Waals surface area contributed by atoms with Crippen molar-refractivity contribution in [1.29, 1.82) is 0 Å². The smallest absolute Gasteiger partial charge is 0.269 e. The summed E-state index contributed by atoms with van der Waals surface area (Å²) in [5.41, 5.74) is 0.947. The van der Waals surface area contributed by atoms with E-state index >= 15 is 0 Å². The Morgan fingerprint density at radius 3 is 2.62 bits per heavy atom. The van der Waals surface area contributed by atoms with E-state index in [0.717, 1.165) is 5.56 Å². The Labute approximate surface area is 93.2 Å². The second-order valence-corrected chi connectivity index (χ2v) is 3.55. The number of rotatable bonds is 4. The predicted molar refractivity (Wildman–Crippen MR) is 57.9 cm³/mol. The molecular weight excluding hydrogens is 214 g/mol. The van der Waals surface area contributed by atoms with Gasteiger partial charge >= 0.3 is 0 Å². The van der Waals surface area contributed by atoms with Gasteiger partial charge in [0.1, 0.15) is 0 Å². The summed E-state index contributed by atoms with van der Waals surface area (Å²) in [6.45, 7) is 1.41. The number of halogens is 2. The van der Waals surface area contributed by atoms with Crippen molar-refractivity contribution >= 4 is 0 Å². The number of benzene rings is 1. The average molecular weight is 228 g/mol. The summed E-state index contributed by atoms with van der Waals surface area (Å²) >= 11 is 0. The maximum Gasteiger partial charge on any atom is 0.269 e. The van der Waals surface area contributed by atoms with Crippen molar-refractivity contribution in [3.63, 3.8) is 0 Å². The summed E-state index contributed by atoms with van der Waals surface area (Å²) in [7, 11) is 1.45. The normalized spacial score (nSPS) is 10.0. The van der Waals surface area contributed by atoms with Gasteiger partial charge in [0.2, 0.25) is 0 Å². The minimum atomic E-state index is -1.62. The maximum absolute atomic E-state index is 12.2. The molecule has 0 atom stereocenters. The number of ether oxygens (including phenoxy) is 1. The summed E-state index contributed by atoms with van der Waals surface area (Å²) < 4.78 is 29.2. The number of aromatic hydroxyl groups is 1. The molecule has 0 saturated heterocycles. The number of aryl methyl sites for hydroxylation is 1. The Hall–Kier alpha value is -1.58. The van der Waals surface area contributed by atoms with Crippen molar-refractivity contribution in [2.45, 2.75) is 19.8 Å². The Balaban J connectivity index is 2.72. The number of methoxy groups -OCH3 is 1. The van der Waals surface area contributed by atoms with E-state index in [1.165, 1.54) is 20.1 Å². The van der Waals surface area contributed by atoms with Gasteiger partial charge in [-0.1, -0.05) is 6.07 Å². The molecule has 4 heteroatoms. The molecule has 0 spiro atoms. The lowest BCUT2D eigenvalue weighted by Gasteiger charge is -2.06. The van der Waals surface area contributed by atoms with Gasteiger partial charge in [0.25, 0.3) is 6.08 Å². The van der Waals surface area contributed by atoms with Crippen LogP contribution in [-0.4, -0.2) is 12.2 Å². The van der Waals surface area contributed by atoms with Crippen LogP contribution >= 0.6 is 0 Å². The topological polar surface area (TPSA) is 29.5 Å². The molecule has 0 heterocycles. The van der Waals surface area contributed by atoms with Crippen molar-refractivity contribution in [3.05, 3.63) is 35.4 Å². The van der Waals surface area contributed by atoms with Crippen LogP contribution < -0.4 is 4.74 Å². The van der Waals surface area contributed by atoms with E-state index in [0.29, 0.717) is 18.6 Å². The van der Waals surface area contributed by atoms with Gasteiger partial charge in [-0.2, -0.15) is 8.78 Å². The molecule has 0 aliphatic rings. The monoisotopic (exact) mass is 228 g/mol. The molecule has 2 nitrogen and oxygen atoms in total. The van der Waals surface area contributed by atoms with Gasteiger partial charge in [-0.05, 0) is 43.0 Å². The zero-order valence-electron chi connectivity index (χ0n) is 9.26. The zero-order valence-corrected chi connectivity index (χ0v) is 9.26. The van der Waals surface area contributed by atoms with E-state index in [-0.39, 0.29) is 11.3 Å². The highest BCUT2D eigenvalue weighted by Crippen LogP contribution is 2.27. The minimum Gasteiger partial charge on any atom is -0.504 e. The Bertz CT molecular complexity index is 396. The first kappa shape index (κ1) is 12.5. The van der Waals surface area contributed by atoms with Crippen LogP contribution in [0.2, 0.25) is 0 Å². The van der Waals surface area contributed by atoms with Crippen LogP contribution in [-0.2, 0) is 6.42 Å². The van der Waals surface area contributed by atoms with Crippen LogP contribution in [0.4, 0.5) is 8.78 Å². The molecule has 1 rings (SSSR count). The van der Waals surface area contributed by atoms with Gasteiger partial charge < -0.3 is 9.84 Å². The fourth-order valence-electron chi connectivity index (χ4n) is 1.30. The number of phenols is 1. The lowest BCUT2D eigenvalue weighted by molar-refractivity contribution is 0.373. The molecule has 1 aromatic rings. The lowest BCUT2D eigenvalue weighted by Crippen LogP contribution is -1.90. The number of allylic oxidation sites excluding steroid dienone is 1. The Morgan fingerprint density at radius 2 is 2.06 bits per heavy atom. The van der Waals surface area contributed by atoms with Gasteiger partial charge in [0.05, 0.1) is 7.11 Å². The summed E-state index contributed by atoms with van der Waals surface area (Å²) in [5, 5.41) is 9.35. The zero-order chi connectivity index (χ0) is 12.1. The first-order valence-electron chi connectivity index (χ1n) is 4.91. The van der Waals surface area contributed by atoms with Crippen molar-refractivity contribution in [1.82, 2.24) is 0 Å². The highest BCUT2D eigenvalue weighted by molar-refractivity contribution is 5.41. The van der Waals surface area contributed by atoms with Crippen LogP contribution in [0.25, 0.3) is 0 Å². The highest BCUT2D eigenvalue weighted by Gasteiger charge is 2.04. The molecule has 0 fully saturated rings. The van der Waals surface area contributed by atoms with E-state index in [4.69, 9.17) is 4.74 Å². The summed E-state index contributed by atoms with van der Waals surface area (Å²) in [6.07, 6.45) is -0.818. The standard InChI is InChI=1S/C12H14F2O2/c1-8(12(13)14)3-4-9-5-6-10(15)11(7-9)16-2/h5-7,15H,3-4H2,1-2H3. The van der Waals surface area contributed by atoms with Crippen LogP contribution in [0, 0.1) is 0 Å². The van der Waals surface area contributed by atoms with Gasteiger partial charge in [0, 0.05) is 0 Å². The molecule has 0 aliphatic heterocycles. The number of phenolic OH excluding ortho intramolecular Hbond substituents is 1. The van der Waals surface area contributed by atoms with Gasteiger partial charge in [-0.3, -0.25) is 0 Å². The van der Waals surface area contributed by atoms with Gasteiger partial charge in [0.15, 0.2) is 11.5 Å². The third kappa shape index (κ3) is 3.22. The van der Waals surface area contributed by atoms with E-state index in [2.05, 4.69) is 0 Å². The first-order valence-corrected chi connectivity index (χ1v) is 4.91. The summed E-state index contributed by atoms with van der Waals surface area (Å²) in [5.74, 6) is 0.412. The SMILES string of the molecule is COc1cc(CCC(C)=C(F)F)ccc1O. The number of hydrogen-bond donors (Lipinski definition) is 1. The second-order valence-electron chi connectivity index (χ2n) is 3.55. The fraction of sp³-hybridized carbons (Fsp3) is 0.333. The molecule has 0 unspecified atom stereocenters. The molecule has 88 valence electrons. The van der Waals surface area contributed by atoms with E-state index in [9.17, 15) is 13.9 Å². The maximum atomic E-state index is 12.2. The Morgan fingerprint density at radius 1 is 1.38 bits per heavy atom. The van der Waals surface area contributed by atoms with Crippen molar-refractivity contribution in [2.75, 3.05) is 7.11 Å². The van der Waals surface area contributed by atoms with Crippen LogP contribution in [0.15, 0.2) is 29.9 Å². The lowest BCUT2D eigenvalue weighted by atomic mass is 10.1. The quantitative estimate of drug-likeness (QED) is 0.854. The Kier molecular flexibility index (Phi) is 4.28. The van der Waals surface area contributed by atoms with Gasteiger partial charge in [-0.25, -0.2) is 0 Å². The molecule has 0 aliphatic carbocycles. The minimum absolute atomic E-state index is 0.0511. The predicted octanol–water partition coefficient (Wildman–Crippen LogP) is 3.50. The van der Waals surface area contributed by atoms with Crippen molar-refractivity contribution in [2.24, 2.45) is 0 Å². The molecule has 0 radical (unpaired) electrons. The molecule has 0 amide bonds. The fourth-order valence-corrected chi connectivity index (χ4v) is 1.30. The van der Waals surface area contributed by atoms with Crippen molar-refractivity contribution < 1.29 is 18.6 Å². The van der Waals surface area contributed by atoms with Crippen molar-refractivity contribution in [3.8, 4) is 11.5 Å². The molecule has 0 saturated carbocycles. The van der Waals surface area contributed by atoms with Crippen LogP contribution in [0.1, 0.15) is 18.9 Å². The third-order valence-electron chi connectivity index (χ3n) is 2.36. The van der Waals surface area contributed by atoms with E-state index in [1.807, 2.05) is 0 Å². The van der Waals surface area contributed by atoms with Crippen LogP contribution in [0.3, 0.4) is 0 Å². The highest BCUT2D eigenvalue weighted by atomic mass is 19.3. The largest absolute Gasteiger partial charge is 0.504 e. The number of hydrogen-bond acceptors (Lipinski definition) is 2. The third-order valence-corrected chi connectivity index (χ3v) is 2.36. The average Bonchev–Trinajstić information content (AvgIpc) is 2.27. The van der Waals surface area contributed by atoms with Gasteiger partial charge in [-0.15, -0.1) is 0 Å².